The summed E-state index contributed by atoms with van der Waals surface area (Å²) in [6.45, 7) is 3.09. The number of alkyl halides is 3. The molecule has 1 fully saturated rings. The van der Waals surface area contributed by atoms with Gasteiger partial charge in [-0.1, -0.05) is 0 Å². The monoisotopic (exact) mass is 377 g/mol. The standard InChI is InChI=1S/C15H18F3N5O.ClH/c16-15(17,18)8-1-2-10-9(7-8)11-12(24-10)13(22-14(19)21-11)23-5-3-20-4-6-23;/h8,20H,1-7H2,(H2,19,21,22);1H. The zero-order valence-corrected chi connectivity index (χ0v) is 14.2. The summed E-state index contributed by atoms with van der Waals surface area (Å²) in [4.78, 5) is 10.5. The fraction of sp³-hybridized carbons (Fsp3) is 0.600. The van der Waals surface area contributed by atoms with Crippen molar-refractivity contribution in [3.05, 3.63) is 11.3 Å². The Morgan fingerprint density at radius 1 is 1.20 bits per heavy atom. The first kappa shape index (κ1) is 18.1. The van der Waals surface area contributed by atoms with E-state index < -0.39 is 12.1 Å². The average molecular weight is 378 g/mol. The van der Waals surface area contributed by atoms with Crippen LogP contribution in [-0.2, 0) is 12.8 Å². The second-order valence-corrected chi connectivity index (χ2v) is 6.31. The Hall–Kier alpha value is -1.74. The third kappa shape index (κ3) is 3.22. The van der Waals surface area contributed by atoms with Crippen molar-refractivity contribution >= 4 is 35.3 Å². The van der Waals surface area contributed by atoms with Crippen molar-refractivity contribution in [2.24, 2.45) is 5.92 Å². The first-order valence-electron chi connectivity index (χ1n) is 8.03. The first-order valence-corrected chi connectivity index (χ1v) is 8.03. The molecule has 6 nitrogen and oxygen atoms in total. The molecule has 2 aromatic rings. The smallest absolute Gasteiger partial charge is 0.392 e. The molecule has 0 aromatic carbocycles. The number of nitrogens with zero attached hydrogens (tertiary/aromatic N) is 3. The molecule has 1 saturated heterocycles. The zero-order chi connectivity index (χ0) is 16.9. The van der Waals surface area contributed by atoms with Crippen LogP contribution in [0.2, 0.25) is 0 Å². The van der Waals surface area contributed by atoms with Gasteiger partial charge in [0.1, 0.15) is 11.3 Å². The van der Waals surface area contributed by atoms with E-state index >= 15 is 0 Å². The summed E-state index contributed by atoms with van der Waals surface area (Å²) in [6, 6.07) is 0. The highest BCUT2D eigenvalue weighted by molar-refractivity contribution is 5.89. The van der Waals surface area contributed by atoms with Crippen molar-refractivity contribution in [1.82, 2.24) is 15.3 Å². The third-order valence-corrected chi connectivity index (χ3v) is 4.76. The minimum absolute atomic E-state index is 0. The van der Waals surface area contributed by atoms with Gasteiger partial charge in [0.2, 0.25) is 5.95 Å². The molecule has 2 aromatic heterocycles. The lowest BCUT2D eigenvalue weighted by Crippen LogP contribution is -2.44. The minimum atomic E-state index is -4.21. The lowest BCUT2D eigenvalue weighted by Gasteiger charge is -2.28. The van der Waals surface area contributed by atoms with Gasteiger partial charge in [0.05, 0.1) is 5.92 Å². The summed E-state index contributed by atoms with van der Waals surface area (Å²) in [5.41, 5.74) is 7.24. The van der Waals surface area contributed by atoms with Crippen LogP contribution in [0.4, 0.5) is 24.9 Å². The van der Waals surface area contributed by atoms with Crippen LogP contribution >= 0.6 is 12.4 Å². The van der Waals surface area contributed by atoms with Gasteiger partial charge in [-0.3, -0.25) is 0 Å². The molecule has 0 bridgehead atoms. The predicted octanol–water partition coefficient (Wildman–Crippen LogP) is 2.30. The summed E-state index contributed by atoms with van der Waals surface area (Å²) in [5.74, 6) is -0.128. The molecule has 0 saturated carbocycles. The van der Waals surface area contributed by atoms with Crippen molar-refractivity contribution in [2.75, 3.05) is 36.8 Å². The number of anilines is 2. The van der Waals surface area contributed by atoms with Crippen molar-refractivity contribution in [2.45, 2.75) is 25.4 Å². The van der Waals surface area contributed by atoms with Gasteiger partial charge in [-0.05, 0) is 12.8 Å². The Kier molecular flexibility index (Phi) is 4.72. The number of nitrogen functional groups attached to an aromatic ring is 1. The molecule has 3 heterocycles. The topological polar surface area (TPSA) is 80.2 Å². The van der Waals surface area contributed by atoms with E-state index in [2.05, 4.69) is 15.3 Å². The fourth-order valence-corrected chi connectivity index (χ4v) is 3.51. The van der Waals surface area contributed by atoms with Crippen LogP contribution in [-0.4, -0.2) is 42.3 Å². The molecule has 1 atom stereocenters. The molecule has 3 N–H and O–H groups in total. The molecule has 1 aliphatic heterocycles. The van der Waals surface area contributed by atoms with E-state index in [4.69, 9.17) is 10.2 Å². The van der Waals surface area contributed by atoms with E-state index in [-0.39, 0.29) is 37.6 Å². The number of rotatable bonds is 1. The Morgan fingerprint density at radius 2 is 1.92 bits per heavy atom. The number of aromatic nitrogens is 2. The number of nitrogens with one attached hydrogen (secondary N) is 1. The maximum Gasteiger partial charge on any atom is 0.392 e. The number of hydrogen-bond donors (Lipinski definition) is 2. The van der Waals surface area contributed by atoms with Gasteiger partial charge >= 0.3 is 6.18 Å². The summed E-state index contributed by atoms with van der Waals surface area (Å²) in [5, 5.41) is 3.25. The molecule has 10 heteroatoms. The SMILES string of the molecule is Cl.Nc1nc(N2CCNCC2)c2oc3c(c2n1)CC(C(F)(F)F)CC3. The predicted molar refractivity (Wildman–Crippen MR) is 90.1 cm³/mol. The molecular formula is C15H19ClF3N5O. The van der Waals surface area contributed by atoms with E-state index in [1.54, 1.807) is 0 Å². The molecule has 1 unspecified atom stereocenters. The van der Waals surface area contributed by atoms with E-state index in [9.17, 15) is 13.2 Å². The van der Waals surface area contributed by atoms with E-state index in [1.807, 2.05) is 4.90 Å². The second kappa shape index (κ2) is 6.53. The molecule has 0 spiro atoms. The molecule has 1 aliphatic carbocycles. The Morgan fingerprint density at radius 3 is 2.60 bits per heavy atom. The fourth-order valence-electron chi connectivity index (χ4n) is 3.51. The van der Waals surface area contributed by atoms with Crippen molar-refractivity contribution in [3.8, 4) is 0 Å². The maximum atomic E-state index is 13.1. The Bertz CT molecular complexity index is 773. The normalized spacial score (nSPS) is 21.1. The highest BCUT2D eigenvalue weighted by Crippen LogP contribution is 2.42. The molecular weight excluding hydrogens is 359 g/mol. The van der Waals surface area contributed by atoms with Crippen molar-refractivity contribution in [3.63, 3.8) is 0 Å². The van der Waals surface area contributed by atoms with Gasteiger partial charge in [-0.15, -0.1) is 12.4 Å². The second-order valence-electron chi connectivity index (χ2n) is 6.31. The van der Waals surface area contributed by atoms with Gasteiger partial charge in [0.15, 0.2) is 11.4 Å². The molecule has 4 rings (SSSR count). The number of halogens is 4. The number of piperazine rings is 1. The summed E-state index contributed by atoms with van der Waals surface area (Å²) >= 11 is 0. The van der Waals surface area contributed by atoms with E-state index in [0.717, 1.165) is 26.2 Å². The van der Waals surface area contributed by atoms with E-state index in [1.165, 1.54) is 0 Å². The number of aryl methyl sites for hydroxylation is 1. The van der Waals surface area contributed by atoms with Crippen LogP contribution in [0.3, 0.4) is 0 Å². The highest BCUT2D eigenvalue weighted by atomic mass is 35.5. The Balaban J connectivity index is 0.00000182. The molecule has 2 aliphatic rings. The first-order chi connectivity index (χ1) is 11.4. The van der Waals surface area contributed by atoms with Gasteiger partial charge in [-0.2, -0.15) is 18.2 Å². The van der Waals surface area contributed by atoms with Crippen molar-refractivity contribution < 1.29 is 17.6 Å². The maximum absolute atomic E-state index is 13.1. The van der Waals surface area contributed by atoms with Crippen LogP contribution in [0.1, 0.15) is 17.7 Å². The lowest BCUT2D eigenvalue weighted by atomic mass is 9.87. The summed E-state index contributed by atoms with van der Waals surface area (Å²) in [6.07, 6.45) is -4.01. The molecule has 0 amide bonds. The van der Waals surface area contributed by atoms with Gasteiger partial charge in [-0.25, -0.2) is 4.98 Å². The lowest BCUT2D eigenvalue weighted by molar-refractivity contribution is -0.177. The number of nitrogens with two attached hydrogens (primary N) is 1. The molecule has 138 valence electrons. The van der Waals surface area contributed by atoms with Crippen LogP contribution in [0, 0.1) is 5.92 Å². The van der Waals surface area contributed by atoms with Crippen LogP contribution in [0.25, 0.3) is 11.1 Å². The Labute approximate surface area is 148 Å². The number of hydrogen-bond acceptors (Lipinski definition) is 6. The summed E-state index contributed by atoms with van der Waals surface area (Å²) < 4.78 is 45.1. The van der Waals surface area contributed by atoms with Gasteiger partial charge in [0, 0.05) is 38.2 Å². The number of fused-ring (bicyclic) bond motifs is 3. The third-order valence-electron chi connectivity index (χ3n) is 4.76. The number of furan rings is 1. The molecule has 25 heavy (non-hydrogen) atoms. The highest BCUT2D eigenvalue weighted by Gasteiger charge is 2.43. The largest absolute Gasteiger partial charge is 0.455 e. The van der Waals surface area contributed by atoms with Gasteiger partial charge in [0.25, 0.3) is 0 Å². The summed E-state index contributed by atoms with van der Waals surface area (Å²) in [7, 11) is 0. The average Bonchev–Trinajstić information content (AvgIpc) is 2.92. The van der Waals surface area contributed by atoms with Gasteiger partial charge < -0.3 is 20.4 Å². The van der Waals surface area contributed by atoms with Crippen molar-refractivity contribution in [1.29, 1.82) is 0 Å². The van der Waals surface area contributed by atoms with Crippen LogP contribution in [0.5, 0.6) is 0 Å². The minimum Gasteiger partial charge on any atom is -0.455 e. The van der Waals surface area contributed by atoms with Crippen LogP contribution < -0.4 is 16.0 Å². The quantitative estimate of drug-likeness (QED) is 0.793. The zero-order valence-electron chi connectivity index (χ0n) is 13.4. The van der Waals surface area contributed by atoms with Crippen LogP contribution in [0.15, 0.2) is 4.42 Å². The van der Waals surface area contributed by atoms with E-state index in [0.29, 0.717) is 28.2 Å². The molecule has 0 radical (unpaired) electrons.